The molecule has 1 atom stereocenters. The molecule has 2 amide bonds. The van der Waals surface area contributed by atoms with Crippen molar-refractivity contribution in [3.05, 3.63) is 35.4 Å². The van der Waals surface area contributed by atoms with Crippen LogP contribution >= 0.6 is 0 Å². The Hall–Kier alpha value is -2.08. The maximum Gasteiger partial charge on any atom is 0.335 e. The SMILES string of the molecule is COCCC1CCCCN(C(=O)NCc2ccc(C(=O)O)cc2)C1. The third kappa shape index (κ3) is 5.53. The van der Waals surface area contributed by atoms with Crippen LogP contribution in [0.2, 0.25) is 0 Å². The normalized spacial score (nSPS) is 18.0. The number of hydrogen-bond acceptors (Lipinski definition) is 3. The molecule has 1 aromatic carbocycles. The quantitative estimate of drug-likeness (QED) is 0.838. The third-order valence-electron chi connectivity index (χ3n) is 4.43. The average Bonchev–Trinajstić information content (AvgIpc) is 2.84. The molecule has 1 saturated heterocycles. The van der Waals surface area contributed by atoms with Crippen LogP contribution in [0.15, 0.2) is 24.3 Å². The lowest BCUT2D eigenvalue weighted by Gasteiger charge is -2.24. The number of methoxy groups -OCH3 is 1. The molecule has 0 aliphatic carbocycles. The van der Waals surface area contributed by atoms with E-state index in [2.05, 4.69) is 5.32 Å². The van der Waals surface area contributed by atoms with Gasteiger partial charge in [-0.1, -0.05) is 18.6 Å². The molecule has 0 aromatic heterocycles. The van der Waals surface area contributed by atoms with Crippen LogP contribution in [0.5, 0.6) is 0 Å². The Morgan fingerprint density at radius 2 is 2.04 bits per heavy atom. The molecule has 6 heteroatoms. The van der Waals surface area contributed by atoms with Gasteiger partial charge in [0.15, 0.2) is 0 Å². The summed E-state index contributed by atoms with van der Waals surface area (Å²) in [6.45, 7) is 2.69. The Kier molecular flexibility index (Phi) is 7.06. The van der Waals surface area contributed by atoms with E-state index in [1.54, 1.807) is 31.4 Å². The van der Waals surface area contributed by atoms with E-state index in [0.717, 1.165) is 50.9 Å². The summed E-state index contributed by atoms with van der Waals surface area (Å²) in [6, 6.07) is 6.51. The van der Waals surface area contributed by atoms with Gasteiger partial charge < -0.3 is 20.1 Å². The molecule has 24 heavy (non-hydrogen) atoms. The van der Waals surface area contributed by atoms with Gasteiger partial charge in [0.1, 0.15) is 0 Å². The Bertz CT molecular complexity index is 544. The Morgan fingerprint density at radius 1 is 1.29 bits per heavy atom. The minimum absolute atomic E-state index is 0.0540. The van der Waals surface area contributed by atoms with Crippen LogP contribution in [0, 0.1) is 5.92 Å². The van der Waals surface area contributed by atoms with Crippen molar-refractivity contribution in [2.45, 2.75) is 32.2 Å². The average molecular weight is 334 g/mol. The molecule has 1 aromatic rings. The number of hydrogen-bond donors (Lipinski definition) is 2. The van der Waals surface area contributed by atoms with Gasteiger partial charge in [0, 0.05) is 33.4 Å². The molecular formula is C18H26N2O4. The lowest BCUT2D eigenvalue weighted by Crippen LogP contribution is -2.41. The van der Waals surface area contributed by atoms with E-state index in [0.29, 0.717) is 12.5 Å². The van der Waals surface area contributed by atoms with Gasteiger partial charge in [-0.25, -0.2) is 9.59 Å². The summed E-state index contributed by atoms with van der Waals surface area (Å²) in [4.78, 5) is 25.1. The first-order valence-electron chi connectivity index (χ1n) is 8.44. The maximum atomic E-state index is 12.4. The number of nitrogens with zero attached hydrogens (tertiary/aromatic N) is 1. The number of ether oxygens (including phenoxy) is 1. The summed E-state index contributed by atoms with van der Waals surface area (Å²) in [6.07, 6.45) is 4.31. The minimum atomic E-state index is -0.947. The van der Waals surface area contributed by atoms with Crippen LogP contribution in [-0.2, 0) is 11.3 Å². The standard InChI is InChI=1S/C18H26N2O4/c1-24-11-9-15-4-2-3-10-20(13-15)18(23)19-12-14-5-7-16(8-6-14)17(21)22/h5-8,15H,2-4,9-13H2,1H3,(H,19,23)(H,21,22). The third-order valence-corrected chi connectivity index (χ3v) is 4.43. The molecular weight excluding hydrogens is 308 g/mol. The Morgan fingerprint density at radius 3 is 2.71 bits per heavy atom. The lowest BCUT2D eigenvalue weighted by atomic mass is 10.0. The van der Waals surface area contributed by atoms with Crippen molar-refractivity contribution in [2.24, 2.45) is 5.92 Å². The fourth-order valence-electron chi connectivity index (χ4n) is 2.99. The van der Waals surface area contributed by atoms with Crippen molar-refractivity contribution in [2.75, 3.05) is 26.8 Å². The summed E-state index contributed by atoms with van der Waals surface area (Å²) in [5.74, 6) is -0.453. The maximum absolute atomic E-state index is 12.4. The number of carbonyl (C=O) groups is 2. The smallest absolute Gasteiger partial charge is 0.335 e. The topological polar surface area (TPSA) is 78.9 Å². The highest BCUT2D eigenvalue weighted by molar-refractivity contribution is 5.87. The van der Waals surface area contributed by atoms with E-state index >= 15 is 0 Å². The van der Waals surface area contributed by atoms with Crippen LogP contribution in [0.1, 0.15) is 41.6 Å². The molecule has 1 heterocycles. The van der Waals surface area contributed by atoms with Gasteiger partial charge in [-0.15, -0.1) is 0 Å². The number of rotatable bonds is 6. The molecule has 0 spiro atoms. The van der Waals surface area contributed by atoms with E-state index < -0.39 is 5.97 Å². The molecule has 132 valence electrons. The van der Waals surface area contributed by atoms with E-state index in [1.165, 1.54) is 0 Å². The second kappa shape index (κ2) is 9.27. The van der Waals surface area contributed by atoms with Crippen molar-refractivity contribution in [1.82, 2.24) is 10.2 Å². The molecule has 1 unspecified atom stereocenters. The number of amides is 2. The van der Waals surface area contributed by atoms with Gasteiger partial charge in [-0.2, -0.15) is 0 Å². The first-order chi connectivity index (χ1) is 11.6. The number of benzene rings is 1. The highest BCUT2D eigenvalue weighted by Gasteiger charge is 2.21. The van der Waals surface area contributed by atoms with Gasteiger partial charge in [0.25, 0.3) is 0 Å². The number of likely N-dealkylation sites (tertiary alicyclic amines) is 1. The summed E-state index contributed by atoms with van der Waals surface area (Å²) < 4.78 is 5.15. The van der Waals surface area contributed by atoms with E-state index in [4.69, 9.17) is 9.84 Å². The molecule has 2 N–H and O–H groups in total. The molecule has 6 nitrogen and oxygen atoms in total. The van der Waals surface area contributed by atoms with Crippen LogP contribution in [-0.4, -0.2) is 48.8 Å². The van der Waals surface area contributed by atoms with E-state index in [-0.39, 0.29) is 11.6 Å². The zero-order valence-corrected chi connectivity index (χ0v) is 14.2. The molecule has 0 bridgehead atoms. The number of carboxylic acid groups (broad SMARTS) is 1. The number of aromatic carboxylic acids is 1. The monoisotopic (exact) mass is 334 g/mol. The zero-order valence-electron chi connectivity index (χ0n) is 14.2. The largest absolute Gasteiger partial charge is 0.478 e. The fourth-order valence-corrected chi connectivity index (χ4v) is 2.99. The summed E-state index contributed by atoms with van der Waals surface area (Å²) >= 11 is 0. The Balaban J connectivity index is 1.84. The van der Waals surface area contributed by atoms with Gasteiger partial charge >= 0.3 is 12.0 Å². The molecule has 0 saturated carbocycles. The second-order valence-corrected chi connectivity index (χ2v) is 6.25. The van der Waals surface area contributed by atoms with Crippen LogP contribution in [0.25, 0.3) is 0 Å². The van der Waals surface area contributed by atoms with Crippen molar-refractivity contribution < 1.29 is 19.4 Å². The van der Waals surface area contributed by atoms with Crippen LogP contribution in [0.4, 0.5) is 4.79 Å². The van der Waals surface area contributed by atoms with Crippen molar-refractivity contribution in [3.63, 3.8) is 0 Å². The highest BCUT2D eigenvalue weighted by atomic mass is 16.5. The molecule has 1 aliphatic heterocycles. The minimum Gasteiger partial charge on any atom is -0.478 e. The summed E-state index contributed by atoms with van der Waals surface area (Å²) in [5, 5.41) is 11.8. The van der Waals surface area contributed by atoms with Crippen molar-refractivity contribution in [1.29, 1.82) is 0 Å². The van der Waals surface area contributed by atoms with E-state index in [1.807, 2.05) is 4.90 Å². The van der Waals surface area contributed by atoms with Gasteiger partial charge in [0.05, 0.1) is 5.56 Å². The van der Waals surface area contributed by atoms with Crippen LogP contribution < -0.4 is 5.32 Å². The number of carboxylic acids is 1. The van der Waals surface area contributed by atoms with Gasteiger partial charge in [0.2, 0.25) is 0 Å². The van der Waals surface area contributed by atoms with Crippen LogP contribution in [0.3, 0.4) is 0 Å². The second-order valence-electron chi connectivity index (χ2n) is 6.25. The molecule has 0 radical (unpaired) electrons. The van der Waals surface area contributed by atoms with Gasteiger partial charge in [-0.3, -0.25) is 0 Å². The van der Waals surface area contributed by atoms with Crippen molar-refractivity contribution >= 4 is 12.0 Å². The summed E-state index contributed by atoms with van der Waals surface area (Å²) in [7, 11) is 1.71. The first kappa shape index (κ1) is 18.3. The molecule has 1 aliphatic rings. The predicted molar refractivity (Wildman–Crippen MR) is 91.0 cm³/mol. The lowest BCUT2D eigenvalue weighted by molar-refractivity contribution is 0.0697. The number of carbonyl (C=O) groups excluding carboxylic acids is 1. The van der Waals surface area contributed by atoms with Gasteiger partial charge in [-0.05, 0) is 42.9 Å². The molecule has 1 fully saturated rings. The number of urea groups is 1. The van der Waals surface area contributed by atoms with E-state index in [9.17, 15) is 9.59 Å². The highest BCUT2D eigenvalue weighted by Crippen LogP contribution is 2.19. The van der Waals surface area contributed by atoms with Crippen molar-refractivity contribution in [3.8, 4) is 0 Å². The first-order valence-corrected chi connectivity index (χ1v) is 8.44. The summed E-state index contributed by atoms with van der Waals surface area (Å²) in [5.41, 5.74) is 1.14. The Labute approximate surface area is 142 Å². The fraction of sp³-hybridized carbons (Fsp3) is 0.556. The molecule has 2 rings (SSSR count). The number of nitrogens with one attached hydrogen (secondary N) is 1. The predicted octanol–water partition coefficient (Wildman–Crippen LogP) is 2.73. The zero-order chi connectivity index (χ0) is 17.4.